The summed E-state index contributed by atoms with van der Waals surface area (Å²) in [6.45, 7) is 0.215. The number of amides is 1. The van der Waals surface area contributed by atoms with E-state index in [9.17, 15) is 13.2 Å². The van der Waals surface area contributed by atoms with E-state index in [0.29, 0.717) is 18.7 Å². The van der Waals surface area contributed by atoms with Gasteiger partial charge in [-0.05, 0) is 47.0 Å². The summed E-state index contributed by atoms with van der Waals surface area (Å²) in [7, 11) is -3.12. The summed E-state index contributed by atoms with van der Waals surface area (Å²) in [4.78, 5) is 14.8. The van der Waals surface area contributed by atoms with Gasteiger partial charge in [-0.25, -0.2) is 8.42 Å². The fourth-order valence-electron chi connectivity index (χ4n) is 3.81. The molecule has 0 spiro atoms. The predicted octanol–water partition coefficient (Wildman–Crippen LogP) is 4.20. The molecule has 3 aromatic carbocycles. The molecule has 3 aromatic rings. The van der Waals surface area contributed by atoms with Gasteiger partial charge in [-0.15, -0.1) is 0 Å². The van der Waals surface area contributed by atoms with Crippen molar-refractivity contribution in [3.8, 4) is 5.75 Å². The van der Waals surface area contributed by atoms with Gasteiger partial charge in [0.1, 0.15) is 5.75 Å². The van der Waals surface area contributed by atoms with Crippen molar-refractivity contribution in [2.24, 2.45) is 0 Å². The van der Waals surface area contributed by atoms with Crippen LogP contribution in [0, 0.1) is 0 Å². The van der Waals surface area contributed by atoms with E-state index >= 15 is 0 Å². The molecular formula is C23H22BrNO4S. The third kappa shape index (κ3) is 4.84. The average Bonchev–Trinajstić information content (AvgIpc) is 3.10. The smallest absolute Gasteiger partial charge is 0.261 e. The van der Waals surface area contributed by atoms with E-state index < -0.39 is 9.84 Å². The number of hydrogen-bond acceptors (Lipinski definition) is 4. The molecule has 30 heavy (non-hydrogen) atoms. The number of sulfone groups is 1. The highest BCUT2D eigenvalue weighted by molar-refractivity contribution is 9.10. The third-order valence-electron chi connectivity index (χ3n) is 5.37. The second-order valence-electron chi connectivity index (χ2n) is 7.46. The summed E-state index contributed by atoms with van der Waals surface area (Å²) in [6.07, 6.45) is 0.455. The van der Waals surface area contributed by atoms with Crippen LogP contribution in [0.2, 0.25) is 0 Å². The number of nitrogens with zero attached hydrogens (tertiary/aromatic N) is 1. The van der Waals surface area contributed by atoms with Gasteiger partial charge in [0.15, 0.2) is 16.4 Å². The molecule has 1 saturated heterocycles. The van der Waals surface area contributed by atoms with Crippen LogP contribution >= 0.6 is 15.9 Å². The Kier molecular flexibility index (Phi) is 6.11. The number of ether oxygens (including phenoxy) is 1. The first-order valence-electron chi connectivity index (χ1n) is 9.76. The first-order valence-corrected chi connectivity index (χ1v) is 12.4. The molecule has 1 unspecified atom stereocenters. The quantitative estimate of drug-likeness (QED) is 0.522. The van der Waals surface area contributed by atoms with E-state index in [-0.39, 0.29) is 30.1 Å². The molecule has 1 atom stereocenters. The van der Waals surface area contributed by atoms with Crippen molar-refractivity contribution < 1.29 is 17.9 Å². The second-order valence-corrected chi connectivity index (χ2v) is 10.6. The molecule has 1 fully saturated rings. The normalized spacial score (nSPS) is 17.7. The van der Waals surface area contributed by atoms with Crippen molar-refractivity contribution in [3.05, 3.63) is 76.8 Å². The zero-order valence-corrected chi connectivity index (χ0v) is 18.7. The molecular weight excluding hydrogens is 466 g/mol. The molecule has 0 aliphatic carbocycles. The lowest BCUT2D eigenvalue weighted by Crippen LogP contribution is -2.43. The Morgan fingerprint density at radius 2 is 1.77 bits per heavy atom. The average molecular weight is 488 g/mol. The van der Waals surface area contributed by atoms with Crippen LogP contribution in [0.15, 0.2) is 71.2 Å². The monoisotopic (exact) mass is 487 g/mol. The molecule has 1 amide bonds. The number of halogens is 1. The number of benzene rings is 3. The van der Waals surface area contributed by atoms with E-state index in [1.165, 1.54) is 0 Å². The van der Waals surface area contributed by atoms with Crippen LogP contribution in [-0.4, -0.2) is 43.4 Å². The second kappa shape index (κ2) is 8.78. The molecule has 156 valence electrons. The minimum Gasteiger partial charge on any atom is -0.484 e. The molecule has 0 aromatic heterocycles. The van der Waals surface area contributed by atoms with Crippen molar-refractivity contribution in [2.75, 3.05) is 18.1 Å². The SMILES string of the molecule is O=C(COc1ccc(Br)cc1)N(Cc1cccc2ccccc12)C1CCS(=O)(=O)C1. The maximum atomic E-state index is 13.1. The van der Waals surface area contributed by atoms with E-state index in [1.54, 1.807) is 17.0 Å². The third-order valence-corrected chi connectivity index (χ3v) is 7.65. The van der Waals surface area contributed by atoms with E-state index in [1.807, 2.05) is 54.6 Å². The van der Waals surface area contributed by atoms with E-state index in [2.05, 4.69) is 15.9 Å². The Hall–Kier alpha value is -2.38. The lowest BCUT2D eigenvalue weighted by Gasteiger charge is -2.29. The van der Waals surface area contributed by atoms with Crippen LogP contribution in [0.4, 0.5) is 0 Å². The molecule has 0 saturated carbocycles. The maximum Gasteiger partial charge on any atom is 0.261 e. The van der Waals surface area contributed by atoms with Crippen molar-refractivity contribution in [1.29, 1.82) is 0 Å². The minimum absolute atomic E-state index is 0.00178. The van der Waals surface area contributed by atoms with Gasteiger partial charge in [0.2, 0.25) is 0 Å². The standard InChI is InChI=1S/C23H22BrNO4S/c24-19-8-10-21(11-9-19)29-15-23(26)25(20-12-13-30(27,28)16-20)14-18-6-3-5-17-4-1-2-7-22(17)18/h1-11,20H,12-16H2. The number of hydrogen-bond donors (Lipinski definition) is 0. The topological polar surface area (TPSA) is 63.7 Å². The van der Waals surface area contributed by atoms with Crippen molar-refractivity contribution in [3.63, 3.8) is 0 Å². The summed E-state index contributed by atoms with van der Waals surface area (Å²) >= 11 is 3.37. The molecule has 5 nitrogen and oxygen atoms in total. The van der Waals surface area contributed by atoms with Crippen molar-refractivity contribution >= 4 is 42.4 Å². The lowest BCUT2D eigenvalue weighted by molar-refractivity contribution is -0.135. The molecule has 0 radical (unpaired) electrons. The van der Waals surface area contributed by atoms with Gasteiger partial charge in [-0.2, -0.15) is 0 Å². The molecule has 0 N–H and O–H groups in total. The van der Waals surface area contributed by atoms with Crippen LogP contribution in [0.1, 0.15) is 12.0 Å². The van der Waals surface area contributed by atoms with Gasteiger partial charge in [-0.1, -0.05) is 58.4 Å². The number of carbonyl (C=O) groups excluding carboxylic acids is 1. The fourth-order valence-corrected chi connectivity index (χ4v) is 5.81. The molecule has 1 heterocycles. The summed E-state index contributed by atoms with van der Waals surface area (Å²) < 4.78 is 30.7. The van der Waals surface area contributed by atoms with E-state index in [0.717, 1.165) is 20.8 Å². The zero-order chi connectivity index (χ0) is 21.1. The zero-order valence-electron chi connectivity index (χ0n) is 16.3. The van der Waals surface area contributed by atoms with Crippen LogP contribution in [-0.2, 0) is 21.2 Å². The summed E-state index contributed by atoms with van der Waals surface area (Å²) in [6, 6.07) is 20.9. The first-order chi connectivity index (χ1) is 14.4. The highest BCUT2D eigenvalue weighted by Gasteiger charge is 2.35. The van der Waals surface area contributed by atoms with E-state index in [4.69, 9.17) is 4.74 Å². The predicted molar refractivity (Wildman–Crippen MR) is 121 cm³/mol. The molecule has 4 rings (SSSR count). The fraction of sp³-hybridized carbons (Fsp3) is 0.261. The molecule has 1 aliphatic rings. The highest BCUT2D eigenvalue weighted by atomic mass is 79.9. The van der Waals surface area contributed by atoms with Crippen LogP contribution in [0.3, 0.4) is 0 Å². The highest BCUT2D eigenvalue weighted by Crippen LogP contribution is 2.25. The summed E-state index contributed by atoms with van der Waals surface area (Å²) in [5.41, 5.74) is 0.995. The van der Waals surface area contributed by atoms with Crippen LogP contribution in [0.5, 0.6) is 5.75 Å². The number of rotatable bonds is 6. The molecule has 1 aliphatic heterocycles. The Bertz CT molecular complexity index is 1160. The van der Waals surface area contributed by atoms with Crippen LogP contribution in [0.25, 0.3) is 10.8 Å². The Morgan fingerprint density at radius 1 is 1.03 bits per heavy atom. The van der Waals surface area contributed by atoms with Crippen molar-refractivity contribution in [2.45, 2.75) is 19.0 Å². The van der Waals surface area contributed by atoms with Gasteiger partial charge < -0.3 is 9.64 Å². The van der Waals surface area contributed by atoms with Crippen LogP contribution < -0.4 is 4.74 Å². The van der Waals surface area contributed by atoms with Gasteiger partial charge in [0.25, 0.3) is 5.91 Å². The number of fused-ring (bicyclic) bond motifs is 1. The summed E-state index contributed by atoms with van der Waals surface area (Å²) in [5, 5.41) is 2.15. The molecule has 7 heteroatoms. The Morgan fingerprint density at radius 3 is 2.50 bits per heavy atom. The lowest BCUT2D eigenvalue weighted by atomic mass is 10.0. The van der Waals surface area contributed by atoms with Gasteiger partial charge in [0, 0.05) is 17.1 Å². The van der Waals surface area contributed by atoms with Gasteiger partial charge >= 0.3 is 0 Å². The largest absolute Gasteiger partial charge is 0.484 e. The van der Waals surface area contributed by atoms with Gasteiger partial charge in [0.05, 0.1) is 11.5 Å². The van der Waals surface area contributed by atoms with Gasteiger partial charge in [-0.3, -0.25) is 4.79 Å². The Balaban J connectivity index is 1.57. The number of carbonyl (C=O) groups is 1. The molecule has 0 bridgehead atoms. The Labute approximate surface area is 184 Å². The minimum atomic E-state index is -3.12. The first kappa shape index (κ1) is 20.9. The maximum absolute atomic E-state index is 13.1. The summed E-state index contributed by atoms with van der Waals surface area (Å²) in [5.74, 6) is 0.496. The van der Waals surface area contributed by atoms with Crippen molar-refractivity contribution in [1.82, 2.24) is 4.90 Å².